The number of rotatable bonds is 3. The first kappa shape index (κ1) is 18.2. The SMILES string of the molecule is Cn1ccc2c(C(=O)N3CC4CCC3C3CN(Cc5ccccc5)CC43)cccc21. The van der Waals surface area contributed by atoms with E-state index in [-0.39, 0.29) is 5.91 Å². The van der Waals surface area contributed by atoms with Gasteiger partial charge in [0.25, 0.3) is 5.91 Å². The molecule has 1 saturated carbocycles. The third kappa shape index (κ3) is 2.81. The summed E-state index contributed by atoms with van der Waals surface area (Å²) in [5.74, 6) is 2.27. The molecule has 4 nitrogen and oxygen atoms in total. The van der Waals surface area contributed by atoms with Gasteiger partial charge in [0.05, 0.1) is 0 Å². The minimum absolute atomic E-state index is 0.237. The maximum Gasteiger partial charge on any atom is 0.254 e. The van der Waals surface area contributed by atoms with Gasteiger partial charge >= 0.3 is 0 Å². The monoisotopic (exact) mass is 399 g/mol. The molecule has 154 valence electrons. The summed E-state index contributed by atoms with van der Waals surface area (Å²) >= 11 is 0. The lowest BCUT2D eigenvalue weighted by Crippen LogP contribution is -2.59. The van der Waals surface area contributed by atoms with Crippen molar-refractivity contribution in [2.45, 2.75) is 25.4 Å². The summed E-state index contributed by atoms with van der Waals surface area (Å²) in [6.45, 7) is 4.29. The highest BCUT2D eigenvalue weighted by molar-refractivity contribution is 6.06. The molecule has 1 aromatic heterocycles. The first-order valence-electron chi connectivity index (χ1n) is 11.3. The zero-order valence-corrected chi connectivity index (χ0v) is 17.6. The third-order valence-electron chi connectivity index (χ3n) is 7.92. The van der Waals surface area contributed by atoms with E-state index in [4.69, 9.17) is 0 Å². The average molecular weight is 400 g/mol. The molecular formula is C26H29N3O. The van der Waals surface area contributed by atoms with Crippen molar-refractivity contribution in [1.82, 2.24) is 14.4 Å². The number of carbonyl (C=O) groups excluding carboxylic acids is 1. The zero-order chi connectivity index (χ0) is 20.2. The summed E-state index contributed by atoms with van der Waals surface area (Å²) in [6.07, 6.45) is 4.50. The van der Waals surface area contributed by atoms with Crippen LogP contribution in [0.15, 0.2) is 60.8 Å². The van der Waals surface area contributed by atoms with Crippen molar-refractivity contribution in [1.29, 1.82) is 0 Å². The van der Waals surface area contributed by atoms with Crippen molar-refractivity contribution in [3.05, 3.63) is 71.9 Å². The normalized spacial score (nSPS) is 28.2. The maximum absolute atomic E-state index is 13.7. The molecule has 4 unspecified atom stereocenters. The molecule has 1 amide bonds. The van der Waals surface area contributed by atoms with Crippen LogP contribution in [0.2, 0.25) is 0 Å². The Hall–Kier alpha value is -2.59. The number of hydrogen-bond donors (Lipinski definition) is 0. The zero-order valence-electron chi connectivity index (χ0n) is 17.6. The fraction of sp³-hybridized carbons (Fsp3) is 0.423. The minimum atomic E-state index is 0.237. The smallest absolute Gasteiger partial charge is 0.254 e. The molecule has 0 spiro atoms. The second-order valence-corrected chi connectivity index (χ2v) is 9.53. The molecule has 0 N–H and O–H groups in total. The quantitative estimate of drug-likeness (QED) is 0.662. The summed E-state index contributed by atoms with van der Waals surface area (Å²) in [5, 5.41) is 1.08. The Balaban J connectivity index is 1.25. The molecule has 4 heteroatoms. The van der Waals surface area contributed by atoms with Crippen LogP contribution >= 0.6 is 0 Å². The number of likely N-dealkylation sites (tertiary alicyclic amines) is 1. The van der Waals surface area contributed by atoms with Gasteiger partial charge in [-0.1, -0.05) is 36.4 Å². The Morgan fingerprint density at radius 2 is 1.77 bits per heavy atom. The Morgan fingerprint density at radius 1 is 0.933 bits per heavy atom. The van der Waals surface area contributed by atoms with Gasteiger partial charge in [-0.3, -0.25) is 9.69 Å². The Bertz CT molecular complexity index is 1090. The van der Waals surface area contributed by atoms with Crippen LogP contribution in [0.25, 0.3) is 10.9 Å². The number of carbonyl (C=O) groups is 1. The lowest BCUT2D eigenvalue weighted by Gasteiger charge is -2.52. The first-order chi connectivity index (χ1) is 14.7. The number of aryl methyl sites for hydroxylation is 1. The van der Waals surface area contributed by atoms with Crippen LogP contribution in [0.5, 0.6) is 0 Å². The molecule has 1 aliphatic carbocycles. The lowest BCUT2D eigenvalue weighted by atomic mass is 9.66. The molecule has 4 atom stereocenters. The Kier molecular flexibility index (Phi) is 4.24. The number of piperidine rings is 2. The van der Waals surface area contributed by atoms with Gasteiger partial charge in [0, 0.05) is 61.9 Å². The molecule has 3 aromatic rings. The van der Waals surface area contributed by atoms with Gasteiger partial charge in [-0.05, 0) is 54.4 Å². The molecule has 3 aliphatic heterocycles. The maximum atomic E-state index is 13.7. The highest BCUT2D eigenvalue weighted by Gasteiger charge is 2.52. The van der Waals surface area contributed by atoms with Crippen LogP contribution in [-0.4, -0.2) is 46.0 Å². The average Bonchev–Trinajstić information content (AvgIpc) is 3.39. The van der Waals surface area contributed by atoms with Crippen molar-refractivity contribution in [2.24, 2.45) is 24.8 Å². The second-order valence-electron chi connectivity index (χ2n) is 9.53. The molecule has 4 aliphatic rings. The number of amides is 1. The second kappa shape index (κ2) is 6.98. The van der Waals surface area contributed by atoms with Crippen LogP contribution in [0.4, 0.5) is 0 Å². The van der Waals surface area contributed by atoms with Crippen LogP contribution in [-0.2, 0) is 13.6 Å². The van der Waals surface area contributed by atoms with Crippen molar-refractivity contribution >= 4 is 16.8 Å². The fourth-order valence-electron chi connectivity index (χ4n) is 6.51. The minimum Gasteiger partial charge on any atom is -0.351 e. The van der Waals surface area contributed by atoms with Crippen molar-refractivity contribution < 1.29 is 4.79 Å². The van der Waals surface area contributed by atoms with Crippen LogP contribution in [0.3, 0.4) is 0 Å². The fourth-order valence-corrected chi connectivity index (χ4v) is 6.51. The van der Waals surface area contributed by atoms with Crippen LogP contribution < -0.4 is 0 Å². The summed E-state index contributed by atoms with van der Waals surface area (Å²) < 4.78 is 2.10. The first-order valence-corrected chi connectivity index (χ1v) is 11.3. The van der Waals surface area contributed by atoms with E-state index < -0.39 is 0 Å². The van der Waals surface area contributed by atoms with Gasteiger partial charge in [-0.15, -0.1) is 0 Å². The molecule has 4 heterocycles. The van der Waals surface area contributed by atoms with E-state index >= 15 is 0 Å². The van der Waals surface area contributed by atoms with Crippen LogP contribution in [0, 0.1) is 17.8 Å². The molecule has 2 aromatic carbocycles. The molecule has 0 radical (unpaired) electrons. The number of benzene rings is 2. The van der Waals surface area contributed by atoms with E-state index in [0.29, 0.717) is 17.9 Å². The summed E-state index contributed by atoms with van der Waals surface area (Å²) in [4.78, 5) is 18.5. The molecule has 2 bridgehead atoms. The van der Waals surface area contributed by atoms with Gasteiger partial charge in [0.15, 0.2) is 0 Å². The van der Waals surface area contributed by atoms with E-state index in [1.54, 1.807) is 0 Å². The van der Waals surface area contributed by atoms with Gasteiger partial charge in [0.1, 0.15) is 0 Å². The van der Waals surface area contributed by atoms with E-state index in [0.717, 1.165) is 42.0 Å². The predicted molar refractivity (Wildman–Crippen MR) is 119 cm³/mol. The molecule has 30 heavy (non-hydrogen) atoms. The number of fused-ring (bicyclic) bond motifs is 3. The van der Waals surface area contributed by atoms with Gasteiger partial charge in [0.2, 0.25) is 0 Å². The lowest BCUT2D eigenvalue weighted by molar-refractivity contribution is -0.0142. The summed E-state index contributed by atoms with van der Waals surface area (Å²) in [5.41, 5.74) is 3.40. The topological polar surface area (TPSA) is 28.5 Å². The van der Waals surface area contributed by atoms with E-state index in [1.807, 2.05) is 19.2 Å². The predicted octanol–water partition coefficient (Wildman–Crippen LogP) is 4.16. The summed E-state index contributed by atoms with van der Waals surface area (Å²) in [6, 6.07) is 19.4. The molecule has 7 rings (SSSR count). The standard InChI is InChI=1S/C26H29N3O/c1-27-13-12-20-21(8-5-9-24(20)27)26(30)29-15-19-10-11-25(29)23-17-28(16-22(19)23)14-18-6-3-2-4-7-18/h2-9,12-13,19,22-23,25H,10-11,14-17H2,1H3. The Labute approximate surface area is 178 Å². The number of hydrogen-bond acceptors (Lipinski definition) is 2. The summed E-state index contributed by atoms with van der Waals surface area (Å²) in [7, 11) is 2.05. The van der Waals surface area contributed by atoms with E-state index in [1.165, 1.54) is 24.9 Å². The molecule has 3 saturated heterocycles. The van der Waals surface area contributed by atoms with E-state index in [9.17, 15) is 4.79 Å². The highest BCUT2D eigenvalue weighted by atomic mass is 16.2. The largest absolute Gasteiger partial charge is 0.351 e. The molecule has 4 fully saturated rings. The van der Waals surface area contributed by atoms with Crippen LogP contribution in [0.1, 0.15) is 28.8 Å². The van der Waals surface area contributed by atoms with Gasteiger partial charge in [-0.2, -0.15) is 0 Å². The van der Waals surface area contributed by atoms with Gasteiger partial charge in [-0.25, -0.2) is 0 Å². The van der Waals surface area contributed by atoms with E-state index in [2.05, 4.69) is 63.0 Å². The molecular weight excluding hydrogens is 370 g/mol. The Morgan fingerprint density at radius 3 is 2.63 bits per heavy atom. The highest BCUT2D eigenvalue weighted by Crippen LogP contribution is 2.48. The number of nitrogens with zero attached hydrogens (tertiary/aromatic N) is 3. The van der Waals surface area contributed by atoms with Gasteiger partial charge < -0.3 is 9.47 Å². The van der Waals surface area contributed by atoms with Crippen molar-refractivity contribution in [2.75, 3.05) is 19.6 Å². The third-order valence-corrected chi connectivity index (χ3v) is 7.92. The van der Waals surface area contributed by atoms with Crippen molar-refractivity contribution in [3.63, 3.8) is 0 Å². The number of aromatic nitrogens is 1. The van der Waals surface area contributed by atoms with Crippen molar-refractivity contribution in [3.8, 4) is 0 Å².